The van der Waals surface area contributed by atoms with Gasteiger partial charge in [-0.05, 0) is 127 Å². The Morgan fingerprint density at radius 3 is 0.300 bits per heavy atom. The first-order valence-corrected chi connectivity index (χ1v) is 70.9. The van der Waals surface area contributed by atoms with E-state index >= 15 is 0 Å². The molecular formula is C98H196O35Si7. The van der Waals surface area contributed by atoms with Gasteiger partial charge in [-0.2, -0.15) is 0 Å². The molecule has 0 saturated carbocycles. The summed E-state index contributed by atoms with van der Waals surface area (Å²) < 4.78 is 252. The van der Waals surface area contributed by atoms with E-state index in [0.29, 0.717) is 0 Å². The van der Waals surface area contributed by atoms with E-state index < -0.39 is 273 Å². The summed E-state index contributed by atoms with van der Waals surface area (Å²) in [7, 11) is 3.58. The molecular weight excluding hydrogens is 1930 g/mol. The first kappa shape index (κ1) is 125. The van der Waals surface area contributed by atoms with Crippen LogP contribution in [0.2, 0.25) is 127 Å². The maximum absolute atomic E-state index is 7.64. The van der Waals surface area contributed by atoms with Crippen molar-refractivity contribution in [3.63, 3.8) is 0 Å². The summed E-state index contributed by atoms with van der Waals surface area (Å²) in [6.45, 7) is 76.3. The largest absolute Gasteiger partial charge is 0.414 e. The highest BCUT2D eigenvalue weighted by Gasteiger charge is 2.65. The van der Waals surface area contributed by atoms with E-state index in [-0.39, 0.29) is 81.5 Å². The Morgan fingerprint density at radius 2 is 0.229 bits per heavy atom. The quantitative estimate of drug-likeness (QED) is 0.0532. The second-order valence-corrected chi connectivity index (χ2v) is 83.5. The van der Waals surface area contributed by atoms with E-state index in [0.717, 1.165) is 0 Å². The van der Waals surface area contributed by atoms with Gasteiger partial charge in [-0.15, -0.1) is 0 Å². The normalized spacial score (nSPS) is 37.6. The van der Waals surface area contributed by atoms with Crippen LogP contribution in [0.5, 0.6) is 0 Å². The van der Waals surface area contributed by atoms with Gasteiger partial charge in [0.15, 0.2) is 102 Å². The van der Waals surface area contributed by atoms with Crippen LogP contribution in [0.3, 0.4) is 0 Å². The average molecular weight is 2130 g/mol. The van der Waals surface area contributed by atoms with Gasteiger partial charge in [0.05, 0.1) is 46.2 Å². The van der Waals surface area contributed by atoms with Crippen molar-refractivity contribution >= 4 is 58.2 Å². The highest BCUT2D eigenvalue weighted by Crippen LogP contribution is 2.50. The molecule has 0 unspecified atom stereocenters. The van der Waals surface area contributed by atoms with Crippen molar-refractivity contribution in [3.8, 4) is 0 Å². The van der Waals surface area contributed by atoms with Crippen LogP contribution in [0.4, 0.5) is 0 Å². The molecule has 0 spiro atoms. The van der Waals surface area contributed by atoms with Crippen LogP contribution < -0.4 is 0 Å². The van der Waals surface area contributed by atoms with E-state index in [1.54, 1.807) is 99.5 Å². The summed E-state index contributed by atoms with van der Waals surface area (Å²) in [5.41, 5.74) is 0. The van der Waals surface area contributed by atoms with E-state index in [4.69, 9.17) is 164 Å². The molecule has 0 radical (unpaired) electrons. The van der Waals surface area contributed by atoms with Crippen molar-refractivity contribution in [2.45, 2.75) is 487 Å². The Kier molecular flexibility index (Phi) is 44.5. The van der Waals surface area contributed by atoms with E-state index in [1.807, 2.05) is 0 Å². The summed E-state index contributed by atoms with van der Waals surface area (Å²) in [5, 5.41) is -1.87. The molecule has 21 heterocycles. The lowest BCUT2D eigenvalue weighted by atomic mass is 9.94. The maximum atomic E-state index is 7.64. The van der Waals surface area contributed by atoms with Gasteiger partial charge in [0.2, 0.25) is 0 Å². The van der Waals surface area contributed by atoms with Crippen LogP contribution in [-0.4, -0.2) is 419 Å². The number of ether oxygens (including phenoxy) is 28. The molecule has 21 aliphatic heterocycles. The van der Waals surface area contributed by atoms with E-state index in [2.05, 4.69) is 237 Å². The third-order valence-corrected chi connectivity index (χ3v) is 65.4. The van der Waals surface area contributed by atoms with E-state index in [9.17, 15) is 0 Å². The fraction of sp³-hybridized carbons (Fsp3) is 1.00. The highest BCUT2D eigenvalue weighted by molar-refractivity contribution is 6.76. The molecule has 0 aliphatic carbocycles. The second kappa shape index (κ2) is 49.7. The Morgan fingerprint density at radius 1 is 0.143 bits per heavy atom. The monoisotopic (exact) mass is 2130 g/mol. The van der Waals surface area contributed by atoms with Crippen LogP contribution in [0, 0.1) is 0 Å². The molecule has 21 aliphatic rings. The molecule has 0 aromatic rings. The molecule has 21 rings (SSSR count). The highest BCUT2D eigenvalue weighted by atomic mass is 28.4. The van der Waals surface area contributed by atoms with Gasteiger partial charge in [0.25, 0.3) is 0 Å². The van der Waals surface area contributed by atoms with Crippen molar-refractivity contribution in [1.82, 2.24) is 0 Å². The third-order valence-electron chi connectivity index (χ3n) is 33.9. The molecule has 35 nitrogen and oxygen atoms in total. The predicted octanol–water partition coefficient (Wildman–Crippen LogP) is 15.1. The molecule has 42 heteroatoms. The minimum Gasteiger partial charge on any atom is -0.414 e. The molecule has 21 saturated heterocycles. The molecule has 0 aromatic carbocycles. The summed E-state index contributed by atoms with van der Waals surface area (Å²) in [5.74, 6) is 0. The summed E-state index contributed by atoms with van der Waals surface area (Å²) >= 11 is 0. The first-order chi connectivity index (χ1) is 64.5. The van der Waals surface area contributed by atoms with Crippen molar-refractivity contribution in [3.05, 3.63) is 0 Å². The standard InChI is InChI=1S/C98H196O35Si7/c1-92(2,3)134(36,37)113-50-57-64-71(99-22)78(106-29)85(120-57)128-65-58(51-114-135(38,39)93(4,5)6)122-87(80(108-31)72(65)100-23)130-67-60(53-116-137(42,43)95(10,11)12)124-89(82(110-33)74(67)102-25)132-69-62(55-118-139(46,47)97(16,17)18)126-91(84(112-35)76(69)104-27)133-70-63(56-119-140(48,49)98(19,20)21)125-90(83(111-34)77(70)105-28)131-68-61(54-117-138(44,45)96(13,14)15)123-88(81(109-32)75(68)103-26)129-66-59(52-115-136(40,41)94(7,8)9)121-86(127-64)79(107-30)73(66)101-24/h57-91H,50-56H2,1-49H3/t57-,58-,59-,60-,61-,62-,63-,64-,65-,66-,67-,68-,69-,70-,71+,72+,73+,74+,75+,76+,77+,78-,79-,80-,81-,82-,83-,84+,85-,86-,87-,88-,89-,90-,91-/m1/s1. The molecule has 140 heavy (non-hydrogen) atoms. The summed E-state index contributed by atoms with van der Waals surface area (Å²) in [6.07, 6.45) is -38.3. The Labute approximate surface area is 850 Å². The van der Waals surface area contributed by atoms with Gasteiger partial charge >= 0.3 is 0 Å². The lowest BCUT2D eigenvalue weighted by molar-refractivity contribution is -0.401. The molecule has 21 fully saturated rings. The Balaban J connectivity index is 1.44. The molecule has 0 amide bonds. The van der Waals surface area contributed by atoms with Gasteiger partial charge in [-0.3, -0.25) is 0 Å². The first-order valence-electron chi connectivity index (χ1n) is 50.5. The van der Waals surface area contributed by atoms with Crippen molar-refractivity contribution in [2.75, 3.05) is 146 Å². The SMILES string of the molecule is CO[C@@H]1[C@H](OC)[C@H]2O[C@H]3[C@H](OC)[C@@H](OC)[C@@H](O[C@H]4[C@H](OC)[C@@H](OC)[C@@H](O[C@H]5[C@H](OC)[C@@H](OC)[C@@H](O[C@H]6[C@H](OC)[C@@H](OC)[C@@H](O[C@H]7[C@H](OC)[C@@H](OC)[C@@H](O[C@H]8[C@H](OC)[C@@H](OC)[C@@H](O[C@@H]1[C@@H](CO[Si](C)(C)C(C)(C)C)O2)O[C@@H]8CO[Si](C)(C)C(C)(C)C)O[C@@H]7CO[Si](C)(C)C(C)(C)C)O[C@@H]6CO[Si](C)(C)C(C)(C)C)O[C@@H]5CO[Si](C)(C)C(C)(C)C)O[C@@H]4CO[Si](C)(C)C(C)(C)C)O[C@@H]3CO[Si](C)(C)C(C)(C)C. The number of hydrogen-bond donors (Lipinski definition) is 0. The summed E-state index contributed by atoms with van der Waals surface area (Å²) in [4.78, 5) is 0. The molecule has 35 atom stereocenters. The topological polar surface area (TPSA) is 323 Å². The van der Waals surface area contributed by atoms with Gasteiger partial charge < -0.3 is 164 Å². The summed E-state index contributed by atoms with van der Waals surface area (Å²) in [6, 6.07) is 0. The molecule has 0 N–H and O–H groups in total. The van der Waals surface area contributed by atoms with E-state index in [1.165, 1.54) is 0 Å². The number of methoxy groups -OCH3 is 14. The van der Waals surface area contributed by atoms with Gasteiger partial charge in [-0.25, -0.2) is 0 Å². The fourth-order valence-corrected chi connectivity index (χ4v) is 24.3. The minimum absolute atomic E-state index is 0.0147. The average Bonchev–Trinajstić information content (AvgIpc) is 0.759. The lowest BCUT2D eigenvalue weighted by Crippen LogP contribution is -2.70. The zero-order valence-electron chi connectivity index (χ0n) is 95.4. The smallest absolute Gasteiger partial charge is 0.192 e. The van der Waals surface area contributed by atoms with Crippen LogP contribution in [0.25, 0.3) is 0 Å². The molecule has 0 aromatic heterocycles. The van der Waals surface area contributed by atoms with Gasteiger partial charge in [0, 0.05) is 99.5 Å². The number of hydrogen-bond acceptors (Lipinski definition) is 35. The van der Waals surface area contributed by atoms with Crippen LogP contribution in [-0.2, 0) is 164 Å². The molecule has 826 valence electrons. The molecule has 14 bridgehead atoms. The van der Waals surface area contributed by atoms with Crippen LogP contribution >= 0.6 is 0 Å². The Bertz CT molecular complexity index is 3040. The van der Waals surface area contributed by atoms with Crippen molar-refractivity contribution in [2.24, 2.45) is 0 Å². The minimum atomic E-state index is -2.66. The zero-order valence-corrected chi connectivity index (χ0v) is 102. The van der Waals surface area contributed by atoms with Crippen LogP contribution in [0.15, 0.2) is 0 Å². The Hall–Kier alpha value is 0.118. The third kappa shape index (κ3) is 28.6. The van der Waals surface area contributed by atoms with Gasteiger partial charge in [-0.1, -0.05) is 145 Å². The van der Waals surface area contributed by atoms with Crippen LogP contribution in [0.1, 0.15) is 145 Å². The fourth-order valence-electron chi connectivity index (χ4n) is 17.3. The van der Waals surface area contributed by atoms with Crippen molar-refractivity contribution in [1.29, 1.82) is 0 Å². The van der Waals surface area contributed by atoms with Gasteiger partial charge in [0.1, 0.15) is 171 Å². The van der Waals surface area contributed by atoms with Crippen molar-refractivity contribution < 1.29 is 164 Å². The predicted molar refractivity (Wildman–Crippen MR) is 548 cm³/mol. The zero-order chi connectivity index (χ0) is 106. The lowest BCUT2D eigenvalue weighted by Gasteiger charge is -2.53. The second-order valence-electron chi connectivity index (χ2n) is 49.8. The number of rotatable bonds is 35. The maximum Gasteiger partial charge on any atom is 0.192 e.